The quantitative estimate of drug-likeness (QED) is 0.908. The van der Waals surface area contributed by atoms with Crippen molar-refractivity contribution < 1.29 is 19.4 Å². The number of carboxylic acids is 1. The number of nitrogens with zero attached hydrogens (tertiary/aromatic N) is 1. The van der Waals surface area contributed by atoms with Crippen molar-refractivity contribution in [2.75, 3.05) is 14.2 Å². The number of methoxy groups -OCH3 is 2. The van der Waals surface area contributed by atoms with Crippen molar-refractivity contribution in [3.8, 4) is 11.5 Å². The van der Waals surface area contributed by atoms with E-state index in [1.165, 1.54) is 0 Å². The molecule has 0 aliphatic rings. The van der Waals surface area contributed by atoms with Crippen LogP contribution in [0.4, 0.5) is 0 Å². The van der Waals surface area contributed by atoms with E-state index in [1.807, 2.05) is 19.1 Å². The minimum Gasteiger partial charge on any atom is -0.497 e. The van der Waals surface area contributed by atoms with Crippen molar-refractivity contribution in [2.24, 2.45) is 0 Å². The Morgan fingerprint density at radius 2 is 2.00 bits per heavy atom. The summed E-state index contributed by atoms with van der Waals surface area (Å²) >= 11 is 0. The number of hydrogen-bond donors (Lipinski definition) is 1. The fraction of sp³-hybridized carbons (Fsp3) is 0.333. The summed E-state index contributed by atoms with van der Waals surface area (Å²) in [7, 11) is 3.18. The van der Waals surface area contributed by atoms with Gasteiger partial charge in [-0.05, 0) is 24.6 Å². The zero-order valence-electron chi connectivity index (χ0n) is 11.8. The number of hydrogen-bond acceptors (Lipinski definition) is 4. The van der Waals surface area contributed by atoms with Crippen LogP contribution in [0.1, 0.15) is 17.7 Å². The lowest BCUT2D eigenvalue weighted by Crippen LogP contribution is -2.01. The minimum atomic E-state index is -0.828. The van der Waals surface area contributed by atoms with E-state index >= 15 is 0 Å². The SMILES string of the molecule is COc1cc(OC)c2nc(CCC(=O)O)cc(C)c2c1. The van der Waals surface area contributed by atoms with Gasteiger partial charge in [0.05, 0.1) is 20.6 Å². The topological polar surface area (TPSA) is 68.7 Å². The molecule has 0 aliphatic heterocycles. The molecule has 0 bridgehead atoms. The van der Waals surface area contributed by atoms with E-state index in [0.29, 0.717) is 17.9 Å². The number of fused-ring (bicyclic) bond motifs is 1. The van der Waals surface area contributed by atoms with Gasteiger partial charge in [0.15, 0.2) is 0 Å². The van der Waals surface area contributed by atoms with E-state index in [1.54, 1.807) is 20.3 Å². The van der Waals surface area contributed by atoms with Gasteiger partial charge in [0.25, 0.3) is 0 Å². The Bertz CT molecular complexity index is 652. The Hall–Kier alpha value is -2.30. The summed E-state index contributed by atoms with van der Waals surface area (Å²) in [5, 5.41) is 9.70. The molecular weight excluding hydrogens is 258 g/mol. The number of rotatable bonds is 5. The van der Waals surface area contributed by atoms with Crippen molar-refractivity contribution in [1.29, 1.82) is 0 Å². The molecule has 106 valence electrons. The van der Waals surface area contributed by atoms with Gasteiger partial charge < -0.3 is 14.6 Å². The zero-order chi connectivity index (χ0) is 14.7. The lowest BCUT2D eigenvalue weighted by molar-refractivity contribution is -0.136. The Kier molecular flexibility index (Phi) is 4.08. The fourth-order valence-electron chi connectivity index (χ4n) is 2.14. The van der Waals surface area contributed by atoms with Gasteiger partial charge in [0.2, 0.25) is 0 Å². The van der Waals surface area contributed by atoms with Gasteiger partial charge in [-0.3, -0.25) is 4.79 Å². The highest BCUT2D eigenvalue weighted by Gasteiger charge is 2.11. The highest BCUT2D eigenvalue weighted by molar-refractivity contribution is 5.89. The van der Waals surface area contributed by atoms with Crippen LogP contribution in [0.15, 0.2) is 18.2 Å². The highest BCUT2D eigenvalue weighted by atomic mass is 16.5. The number of carboxylic acid groups (broad SMARTS) is 1. The summed E-state index contributed by atoms with van der Waals surface area (Å²) in [5.74, 6) is 0.503. The maximum absolute atomic E-state index is 10.7. The first-order chi connectivity index (χ1) is 9.55. The van der Waals surface area contributed by atoms with Crippen molar-refractivity contribution in [3.63, 3.8) is 0 Å². The summed E-state index contributed by atoms with van der Waals surface area (Å²) in [5.41, 5.74) is 2.50. The van der Waals surface area contributed by atoms with Crippen LogP contribution in [0.25, 0.3) is 10.9 Å². The van der Waals surface area contributed by atoms with E-state index in [0.717, 1.165) is 22.2 Å². The molecule has 0 atom stereocenters. The van der Waals surface area contributed by atoms with E-state index in [4.69, 9.17) is 14.6 Å². The van der Waals surface area contributed by atoms with Gasteiger partial charge in [-0.25, -0.2) is 4.98 Å². The molecular formula is C15H17NO4. The van der Waals surface area contributed by atoms with Crippen LogP contribution in [-0.2, 0) is 11.2 Å². The Morgan fingerprint density at radius 3 is 2.60 bits per heavy atom. The molecule has 1 N–H and O–H groups in total. The molecule has 0 amide bonds. The molecule has 2 rings (SSSR count). The van der Waals surface area contributed by atoms with Crippen LogP contribution in [0.2, 0.25) is 0 Å². The Morgan fingerprint density at radius 1 is 1.25 bits per heavy atom. The molecule has 5 nitrogen and oxygen atoms in total. The average molecular weight is 275 g/mol. The van der Waals surface area contributed by atoms with Gasteiger partial charge in [-0.1, -0.05) is 0 Å². The number of aliphatic carboxylic acids is 1. The van der Waals surface area contributed by atoms with Gasteiger partial charge in [0, 0.05) is 23.6 Å². The Labute approximate surface area is 117 Å². The zero-order valence-corrected chi connectivity index (χ0v) is 11.8. The normalized spacial score (nSPS) is 10.6. The summed E-state index contributed by atoms with van der Waals surface area (Å²) < 4.78 is 10.6. The van der Waals surface area contributed by atoms with Crippen molar-refractivity contribution in [3.05, 3.63) is 29.5 Å². The third-order valence-electron chi connectivity index (χ3n) is 3.16. The lowest BCUT2D eigenvalue weighted by atomic mass is 10.1. The first-order valence-electron chi connectivity index (χ1n) is 6.29. The maximum atomic E-state index is 10.7. The third-order valence-corrected chi connectivity index (χ3v) is 3.16. The van der Waals surface area contributed by atoms with E-state index in [-0.39, 0.29) is 6.42 Å². The fourth-order valence-corrected chi connectivity index (χ4v) is 2.14. The Balaban J connectivity index is 2.54. The minimum absolute atomic E-state index is 0.0659. The standard InChI is InChI=1S/C15H17NO4/c1-9-6-10(4-5-14(17)18)16-15-12(9)7-11(19-2)8-13(15)20-3/h6-8H,4-5H2,1-3H3,(H,17,18). The molecule has 1 aromatic heterocycles. The summed E-state index contributed by atoms with van der Waals surface area (Å²) in [6.45, 7) is 1.97. The molecule has 0 unspecified atom stereocenters. The number of benzene rings is 1. The van der Waals surface area contributed by atoms with Crippen LogP contribution < -0.4 is 9.47 Å². The molecule has 20 heavy (non-hydrogen) atoms. The molecule has 0 saturated heterocycles. The molecule has 0 radical (unpaired) electrons. The van der Waals surface area contributed by atoms with Crippen LogP contribution >= 0.6 is 0 Å². The molecule has 0 fully saturated rings. The lowest BCUT2D eigenvalue weighted by Gasteiger charge is -2.11. The second kappa shape index (κ2) is 5.77. The predicted molar refractivity (Wildman–Crippen MR) is 75.5 cm³/mol. The first-order valence-corrected chi connectivity index (χ1v) is 6.29. The highest BCUT2D eigenvalue weighted by Crippen LogP contribution is 2.32. The summed E-state index contributed by atoms with van der Waals surface area (Å²) in [4.78, 5) is 15.2. The monoisotopic (exact) mass is 275 g/mol. The second-order valence-electron chi connectivity index (χ2n) is 4.55. The van der Waals surface area contributed by atoms with Gasteiger partial charge >= 0.3 is 5.97 Å². The largest absolute Gasteiger partial charge is 0.497 e. The van der Waals surface area contributed by atoms with Crippen LogP contribution in [0.5, 0.6) is 11.5 Å². The smallest absolute Gasteiger partial charge is 0.303 e. The number of aryl methyl sites for hydroxylation is 2. The van der Waals surface area contributed by atoms with E-state index < -0.39 is 5.97 Å². The maximum Gasteiger partial charge on any atom is 0.303 e. The van der Waals surface area contributed by atoms with Crippen LogP contribution in [0, 0.1) is 6.92 Å². The van der Waals surface area contributed by atoms with Crippen molar-refractivity contribution in [1.82, 2.24) is 4.98 Å². The van der Waals surface area contributed by atoms with Gasteiger partial charge in [0.1, 0.15) is 17.0 Å². The average Bonchev–Trinajstić information content (AvgIpc) is 2.44. The molecule has 1 heterocycles. The molecule has 5 heteroatoms. The molecule has 0 spiro atoms. The molecule has 0 saturated carbocycles. The van der Waals surface area contributed by atoms with Gasteiger partial charge in [-0.15, -0.1) is 0 Å². The first kappa shape index (κ1) is 14.1. The third kappa shape index (κ3) is 2.82. The molecule has 1 aromatic carbocycles. The summed E-state index contributed by atoms with van der Waals surface area (Å²) in [6, 6.07) is 5.58. The number of aromatic nitrogens is 1. The van der Waals surface area contributed by atoms with Gasteiger partial charge in [-0.2, -0.15) is 0 Å². The van der Waals surface area contributed by atoms with E-state index in [9.17, 15) is 4.79 Å². The molecule has 2 aromatic rings. The van der Waals surface area contributed by atoms with Crippen LogP contribution in [-0.4, -0.2) is 30.3 Å². The summed E-state index contributed by atoms with van der Waals surface area (Å²) in [6.07, 6.45) is 0.470. The van der Waals surface area contributed by atoms with Crippen LogP contribution in [0.3, 0.4) is 0 Å². The van der Waals surface area contributed by atoms with E-state index in [2.05, 4.69) is 4.98 Å². The number of ether oxygens (including phenoxy) is 2. The number of carbonyl (C=O) groups is 1. The van der Waals surface area contributed by atoms with Crippen molar-refractivity contribution >= 4 is 16.9 Å². The number of pyridine rings is 1. The van der Waals surface area contributed by atoms with Crippen molar-refractivity contribution in [2.45, 2.75) is 19.8 Å². The molecule has 0 aliphatic carbocycles. The second-order valence-corrected chi connectivity index (χ2v) is 4.55. The predicted octanol–water partition coefficient (Wildman–Crippen LogP) is 2.58.